The molecular formula is C8H21NOSi. The van der Waals surface area contributed by atoms with Gasteiger partial charge in [0.15, 0.2) is 0 Å². The van der Waals surface area contributed by atoms with E-state index in [-0.39, 0.29) is 0 Å². The third-order valence-corrected chi connectivity index (χ3v) is 2.38. The van der Waals surface area contributed by atoms with Crippen LogP contribution in [0.5, 0.6) is 0 Å². The van der Waals surface area contributed by atoms with Gasteiger partial charge in [-0.1, -0.05) is 13.8 Å². The second kappa shape index (κ2) is 8.24. The summed E-state index contributed by atoms with van der Waals surface area (Å²) in [6, 6.07) is 0. The first-order valence-electron chi connectivity index (χ1n) is 4.56. The molecule has 0 aliphatic rings. The fourth-order valence-electron chi connectivity index (χ4n) is 1.12. The molecule has 0 N–H and O–H groups in total. The van der Waals surface area contributed by atoms with Crippen molar-refractivity contribution in [2.75, 3.05) is 26.2 Å². The van der Waals surface area contributed by atoms with Crippen molar-refractivity contribution in [3.63, 3.8) is 0 Å². The minimum Gasteiger partial charge on any atom is -0.428 e. The first kappa shape index (κ1) is 11.1. The quantitative estimate of drug-likeness (QED) is 0.410. The normalized spacial score (nSPS) is 11.2. The number of unbranched alkanes of at least 4 members (excludes halogenated alkanes) is 1. The van der Waals surface area contributed by atoms with Crippen LogP contribution in [0, 0.1) is 0 Å². The highest BCUT2D eigenvalue weighted by atomic mass is 28.2. The monoisotopic (exact) mass is 175 g/mol. The van der Waals surface area contributed by atoms with Gasteiger partial charge < -0.3 is 9.33 Å². The van der Waals surface area contributed by atoms with Crippen molar-refractivity contribution in [3.05, 3.63) is 0 Å². The second-order valence-electron chi connectivity index (χ2n) is 2.73. The molecule has 0 rings (SSSR count). The molecule has 2 nitrogen and oxygen atoms in total. The van der Waals surface area contributed by atoms with E-state index in [9.17, 15) is 0 Å². The maximum atomic E-state index is 5.11. The zero-order valence-corrected chi connectivity index (χ0v) is 10.1. The van der Waals surface area contributed by atoms with Crippen LogP contribution in [0.15, 0.2) is 0 Å². The summed E-state index contributed by atoms with van der Waals surface area (Å²) in [7, 11) is 0.890. The average molecular weight is 175 g/mol. The van der Waals surface area contributed by atoms with E-state index >= 15 is 0 Å². The van der Waals surface area contributed by atoms with Crippen LogP contribution in [0.1, 0.15) is 26.7 Å². The summed E-state index contributed by atoms with van der Waals surface area (Å²) >= 11 is 0. The summed E-state index contributed by atoms with van der Waals surface area (Å²) in [5.74, 6) is 0. The van der Waals surface area contributed by atoms with Gasteiger partial charge in [-0.3, -0.25) is 0 Å². The van der Waals surface area contributed by atoms with Crippen molar-refractivity contribution in [1.29, 1.82) is 0 Å². The van der Waals surface area contributed by atoms with Crippen molar-refractivity contribution in [1.82, 2.24) is 4.90 Å². The highest BCUT2D eigenvalue weighted by molar-refractivity contribution is 5.97. The molecule has 68 valence electrons. The Labute approximate surface area is 73.5 Å². The molecule has 11 heavy (non-hydrogen) atoms. The van der Waals surface area contributed by atoms with Crippen molar-refractivity contribution in [2.45, 2.75) is 26.7 Å². The lowest BCUT2D eigenvalue weighted by atomic mass is 10.3. The Morgan fingerprint density at radius 2 is 1.82 bits per heavy atom. The van der Waals surface area contributed by atoms with E-state index in [2.05, 4.69) is 18.7 Å². The number of nitrogens with zero attached hydrogens (tertiary/aromatic N) is 1. The van der Waals surface area contributed by atoms with Crippen molar-refractivity contribution in [3.8, 4) is 0 Å². The van der Waals surface area contributed by atoms with Crippen LogP contribution in [0.25, 0.3) is 0 Å². The first-order valence-corrected chi connectivity index (χ1v) is 5.38. The van der Waals surface area contributed by atoms with Gasteiger partial charge in [0.1, 0.15) is 10.5 Å². The summed E-state index contributed by atoms with van der Waals surface area (Å²) in [4.78, 5) is 2.45. The minimum atomic E-state index is 0.890. The molecule has 0 bridgehead atoms. The van der Waals surface area contributed by atoms with Crippen LogP contribution < -0.4 is 0 Å². The number of hydrogen-bond acceptors (Lipinski definition) is 2. The molecule has 0 heterocycles. The zero-order valence-electron chi connectivity index (χ0n) is 8.10. The fraction of sp³-hybridized carbons (Fsp3) is 1.00. The van der Waals surface area contributed by atoms with E-state index < -0.39 is 0 Å². The molecular weight excluding hydrogens is 154 g/mol. The molecule has 0 saturated carbocycles. The summed E-state index contributed by atoms with van der Waals surface area (Å²) in [5, 5.41) is 0. The van der Waals surface area contributed by atoms with Gasteiger partial charge in [0, 0.05) is 6.61 Å². The van der Waals surface area contributed by atoms with Gasteiger partial charge in [-0.15, -0.1) is 0 Å². The highest BCUT2D eigenvalue weighted by Gasteiger charge is 1.96. The van der Waals surface area contributed by atoms with E-state index in [1.54, 1.807) is 0 Å². The zero-order chi connectivity index (χ0) is 8.53. The van der Waals surface area contributed by atoms with E-state index in [0.29, 0.717) is 0 Å². The van der Waals surface area contributed by atoms with Crippen LogP contribution in [0.4, 0.5) is 0 Å². The highest BCUT2D eigenvalue weighted by Crippen LogP contribution is 1.94. The Hall–Kier alpha value is 0.137. The third kappa shape index (κ3) is 6.53. The fourth-order valence-corrected chi connectivity index (χ4v) is 1.41. The molecule has 0 aromatic carbocycles. The van der Waals surface area contributed by atoms with E-state index in [0.717, 1.165) is 17.1 Å². The molecule has 0 aliphatic carbocycles. The Bertz CT molecular complexity index is 76.5. The van der Waals surface area contributed by atoms with Crippen LogP contribution in [-0.2, 0) is 4.43 Å². The lowest BCUT2D eigenvalue weighted by molar-refractivity contribution is 0.275. The van der Waals surface area contributed by atoms with Crippen LogP contribution >= 0.6 is 0 Å². The molecule has 0 saturated heterocycles. The predicted octanol–water partition coefficient (Wildman–Crippen LogP) is 0.405. The average Bonchev–Trinajstić information content (AvgIpc) is 2.05. The molecule has 0 amide bonds. The van der Waals surface area contributed by atoms with Gasteiger partial charge in [-0.2, -0.15) is 0 Å². The molecule has 0 fully saturated rings. The van der Waals surface area contributed by atoms with Crippen molar-refractivity contribution >= 4 is 10.5 Å². The van der Waals surface area contributed by atoms with E-state index in [1.807, 2.05) is 0 Å². The lowest BCUT2D eigenvalue weighted by Crippen LogP contribution is -2.24. The topological polar surface area (TPSA) is 12.5 Å². The summed E-state index contributed by atoms with van der Waals surface area (Å²) < 4.78 is 5.11. The largest absolute Gasteiger partial charge is 0.428 e. The number of hydrogen-bond donors (Lipinski definition) is 0. The van der Waals surface area contributed by atoms with Gasteiger partial charge in [0.05, 0.1) is 0 Å². The molecule has 0 atom stereocenters. The van der Waals surface area contributed by atoms with E-state index in [1.165, 1.54) is 32.5 Å². The Kier molecular flexibility index (Phi) is 8.34. The summed E-state index contributed by atoms with van der Waals surface area (Å²) in [6.07, 6.45) is 2.50. The van der Waals surface area contributed by atoms with E-state index in [4.69, 9.17) is 4.43 Å². The van der Waals surface area contributed by atoms with Gasteiger partial charge in [-0.25, -0.2) is 0 Å². The number of rotatable bonds is 7. The molecule has 0 aromatic heterocycles. The summed E-state index contributed by atoms with van der Waals surface area (Å²) in [6.45, 7) is 8.99. The van der Waals surface area contributed by atoms with Crippen molar-refractivity contribution < 1.29 is 4.43 Å². The Morgan fingerprint density at radius 3 is 2.27 bits per heavy atom. The minimum absolute atomic E-state index is 0.890. The molecule has 0 aliphatic heterocycles. The summed E-state index contributed by atoms with van der Waals surface area (Å²) in [5.41, 5.74) is 0. The molecule has 3 heteroatoms. The first-order chi connectivity index (χ1) is 5.35. The Balaban J connectivity index is 3.07. The lowest BCUT2D eigenvalue weighted by Gasteiger charge is -2.17. The molecule has 0 unspecified atom stereocenters. The van der Waals surface area contributed by atoms with Crippen molar-refractivity contribution in [2.24, 2.45) is 0 Å². The van der Waals surface area contributed by atoms with Gasteiger partial charge in [-0.05, 0) is 32.5 Å². The molecule has 0 spiro atoms. The SMILES string of the molecule is CCN(CC)CCCCO[SiH3]. The molecule has 0 radical (unpaired) electrons. The maximum absolute atomic E-state index is 5.11. The third-order valence-electron chi connectivity index (χ3n) is 1.97. The smallest absolute Gasteiger partial charge is 0.145 e. The van der Waals surface area contributed by atoms with Crippen LogP contribution in [0.3, 0.4) is 0 Å². The van der Waals surface area contributed by atoms with Gasteiger partial charge in [0.25, 0.3) is 0 Å². The van der Waals surface area contributed by atoms with Gasteiger partial charge in [0.2, 0.25) is 0 Å². The van der Waals surface area contributed by atoms with Gasteiger partial charge >= 0.3 is 0 Å². The standard InChI is InChI=1S/C8H21NOSi/c1-3-9(4-2)7-5-6-8-10-11/h3-8H2,1-2,11H3. The predicted molar refractivity (Wildman–Crippen MR) is 52.9 cm³/mol. The Morgan fingerprint density at radius 1 is 1.18 bits per heavy atom. The van der Waals surface area contributed by atoms with Crippen LogP contribution in [-0.4, -0.2) is 41.6 Å². The molecule has 0 aromatic rings. The second-order valence-corrected chi connectivity index (χ2v) is 3.30. The van der Waals surface area contributed by atoms with Crippen LogP contribution in [0.2, 0.25) is 0 Å². The maximum Gasteiger partial charge on any atom is 0.145 e.